The van der Waals surface area contributed by atoms with Gasteiger partial charge < -0.3 is 15.4 Å². The zero-order chi connectivity index (χ0) is 11.1. The molecule has 4 heteroatoms. The third kappa shape index (κ3) is 1.88. The molecule has 2 aliphatic rings. The quantitative estimate of drug-likeness (QED) is 0.719. The monoisotopic (exact) mass is 212 g/mol. The summed E-state index contributed by atoms with van der Waals surface area (Å²) in [7, 11) is 0. The smallest absolute Gasteiger partial charge is 0.230 e. The summed E-state index contributed by atoms with van der Waals surface area (Å²) in [6.45, 7) is 5.89. The molecule has 4 nitrogen and oxygen atoms in total. The van der Waals surface area contributed by atoms with Crippen molar-refractivity contribution in [1.82, 2.24) is 4.90 Å². The van der Waals surface area contributed by atoms with Crippen LogP contribution in [0.15, 0.2) is 0 Å². The lowest BCUT2D eigenvalue weighted by atomic mass is 10.0. The normalized spacial score (nSPS) is 33.9. The molecule has 0 aromatic heterocycles. The standard InChI is InChI=1S/C11H20N2O2/c1-8-6-15-9(2)5-13(8)10(14)11(7-12)3-4-11/h8-9H,3-7,12H2,1-2H3. The van der Waals surface area contributed by atoms with Gasteiger partial charge in [-0.3, -0.25) is 4.79 Å². The highest BCUT2D eigenvalue weighted by Crippen LogP contribution is 2.46. The molecule has 0 radical (unpaired) electrons. The van der Waals surface area contributed by atoms with E-state index in [0.717, 1.165) is 12.8 Å². The number of hydrogen-bond acceptors (Lipinski definition) is 3. The minimum atomic E-state index is -0.217. The maximum atomic E-state index is 12.3. The van der Waals surface area contributed by atoms with E-state index in [4.69, 9.17) is 10.5 Å². The van der Waals surface area contributed by atoms with E-state index in [1.54, 1.807) is 0 Å². The lowest BCUT2D eigenvalue weighted by molar-refractivity contribution is -0.148. The maximum Gasteiger partial charge on any atom is 0.230 e. The van der Waals surface area contributed by atoms with Crippen LogP contribution in [-0.2, 0) is 9.53 Å². The molecular weight excluding hydrogens is 192 g/mol. The van der Waals surface area contributed by atoms with E-state index in [0.29, 0.717) is 19.7 Å². The second kappa shape index (κ2) is 3.76. The molecule has 2 N–H and O–H groups in total. The molecule has 86 valence electrons. The number of morpholine rings is 1. The average molecular weight is 212 g/mol. The van der Waals surface area contributed by atoms with E-state index in [-0.39, 0.29) is 23.5 Å². The Kier molecular flexibility index (Phi) is 2.73. The van der Waals surface area contributed by atoms with Crippen molar-refractivity contribution in [2.45, 2.75) is 38.8 Å². The molecule has 1 heterocycles. The topological polar surface area (TPSA) is 55.6 Å². The van der Waals surface area contributed by atoms with Crippen molar-refractivity contribution in [2.24, 2.45) is 11.1 Å². The van der Waals surface area contributed by atoms with Gasteiger partial charge >= 0.3 is 0 Å². The number of hydrogen-bond donors (Lipinski definition) is 1. The van der Waals surface area contributed by atoms with E-state index in [2.05, 4.69) is 0 Å². The van der Waals surface area contributed by atoms with Crippen LogP contribution >= 0.6 is 0 Å². The molecule has 1 aliphatic carbocycles. The van der Waals surface area contributed by atoms with Gasteiger partial charge in [-0.1, -0.05) is 0 Å². The first-order valence-corrected chi connectivity index (χ1v) is 5.72. The summed E-state index contributed by atoms with van der Waals surface area (Å²) in [6.07, 6.45) is 2.07. The first-order chi connectivity index (χ1) is 7.09. The van der Waals surface area contributed by atoms with Crippen molar-refractivity contribution in [3.8, 4) is 0 Å². The van der Waals surface area contributed by atoms with Gasteiger partial charge in [-0.15, -0.1) is 0 Å². The molecule has 2 rings (SSSR count). The van der Waals surface area contributed by atoms with Crippen molar-refractivity contribution >= 4 is 5.91 Å². The Morgan fingerprint density at radius 2 is 2.20 bits per heavy atom. The molecule has 1 saturated heterocycles. The van der Waals surface area contributed by atoms with Crippen LogP contribution in [0.2, 0.25) is 0 Å². The summed E-state index contributed by atoms with van der Waals surface area (Å²) in [5, 5.41) is 0. The van der Waals surface area contributed by atoms with E-state index in [1.165, 1.54) is 0 Å². The van der Waals surface area contributed by atoms with E-state index in [1.807, 2.05) is 18.7 Å². The fraction of sp³-hybridized carbons (Fsp3) is 0.909. The first-order valence-electron chi connectivity index (χ1n) is 5.72. The molecule has 1 saturated carbocycles. The molecule has 15 heavy (non-hydrogen) atoms. The lowest BCUT2D eigenvalue weighted by Gasteiger charge is -2.38. The molecule has 0 spiro atoms. The van der Waals surface area contributed by atoms with Crippen molar-refractivity contribution in [3.05, 3.63) is 0 Å². The number of carbonyl (C=O) groups is 1. The Bertz CT molecular complexity index is 263. The summed E-state index contributed by atoms with van der Waals surface area (Å²) in [5.74, 6) is 0.243. The molecule has 2 fully saturated rings. The molecule has 0 bridgehead atoms. The van der Waals surface area contributed by atoms with Gasteiger partial charge in [0.05, 0.1) is 24.2 Å². The number of nitrogens with zero attached hydrogens (tertiary/aromatic N) is 1. The predicted molar refractivity (Wildman–Crippen MR) is 57.3 cm³/mol. The average Bonchev–Trinajstić information content (AvgIpc) is 3.01. The highest BCUT2D eigenvalue weighted by atomic mass is 16.5. The van der Waals surface area contributed by atoms with Gasteiger partial charge in [0.1, 0.15) is 0 Å². The number of carbonyl (C=O) groups excluding carboxylic acids is 1. The van der Waals surface area contributed by atoms with Crippen LogP contribution < -0.4 is 5.73 Å². The SMILES string of the molecule is CC1CN(C(=O)C2(CN)CC2)C(C)CO1. The van der Waals surface area contributed by atoms with Crippen LogP contribution in [-0.4, -0.2) is 42.6 Å². The Labute approximate surface area is 90.8 Å². The van der Waals surface area contributed by atoms with E-state index >= 15 is 0 Å². The van der Waals surface area contributed by atoms with Crippen LogP contribution in [0.4, 0.5) is 0 Å². The number of nitrogens with two attached hydrogens (primary N) is 1. The van der Waals surface area contributed by atoms with Crippen molar-refractivity contribution in [2.75, 3.05) is 19.7 Å². The molecule has 1 amide bonds. The summed E-state index contributed by atoms with van der Waals surface area (Å²) < 4.78 is 5.51. The summed E-state index contributed by atoms with van der Waals surface area (Å²) in [6, 6.07) is 0.192. The third-order valence-electron chi connectivity index (χ3n) is 3.57. The second-order valence-corrected chi connectivity index (χ2v) is 4.93. The van der Waals surface area contributed by atoms with Crippen LogP contribution in [0, 0.1) is 5.41 Å². The highest BCUT2D eigenvalue weighted by Gasteiger charge is 2.51. The Morgan fingerprint density at radius 1 is 1.53 bits per heavy atom. The van der Waals surface area contributed by atoms with Gasteiger partial charge in [-0.25, -0.2) is 0 Å². The lowest BCUT2D eigenvalue weighted by Crippen LogP contribution is -2.53. The minimum absolute atomic E-state index is 0.152. The Hall–Kier alpha value is -0.610. The number of rotatable bonds is 2. The molecule has 0 aromatic carbocycles. The Balaban J connectivity index is 2.05. The summed E-state index contributed by atoms with van der Waals surface area (Å²) in [5.41, 5.74) is 5.46. The zero-order valence-electron chi connectivity index (χ0n) is 9.53. The molecular formula is C11H20N2O2. The van der Waals surface area contributed by atoms with Gasteiger partial charge in [0, 0.05) is 13.1 Å². The molecule has 2 atom stereocenters. The van der Waals surface area contributed by atoms with Gasteiger partial charge in [0.2, 0.25) is 5.91 Å². The number of amides is 1. The van der Waals surface area contributed by atoms with Gasteiger partial charge in [0.15, 0.2) is 0 Å². The summed E-state index contributed by atoms with van der Waals surface area (Å²) >= 11 is 0. The van der Waals surface area contributed by atoms with Crippen molar-refractivity contribution in [1.29, 1.82) is 0 Å². The van der Waals surface area contributed by atoms with Crippen molar-refractivity contribution in [3.63, 3.8) is 0 Å². The van der Waals surface area contributed by atoms with E-state index < -0.39 is 0 Å². The van der Waals surface area contributed by atoms with Crippen molar-refractivity contribution < 1.29 is 9.53 Å². The van der Waals surface area contributed by atoms with E-state index in [9.17, 15) is 4.79 Å². The minimum Gasteiger partial charge on any atom is -0.375 e. The summed E-state index contributed by atoms with van der Waals surface area (Å²) in [4.78, 5) is 14.2. The zero-order valence-corrected chi connectivity index (χ0v) is 9.53. The third-order valence-corrected chi connectivity index (χ3v) is 3.57. The maximum absolute atomic E-state index is 12.3. The molecule has 2 unspecified atom stereocenters. The van der Waals surface area contributed by atoms with Crippen LogP contribution in [0.1, 0.15) is 26.7 Å². The molecule has 1 aliphatic heterocycles. The van der Waals surface area contributed by atoms with Crippen LogP contribution in [0.5, 0.6) is 0 Å². The fourth-order valence-electron chi connectivity index (χ4n) is 2.15. The van der Waals surface area contributed by atoms with Crippen LogP contribution in [0.3, 0.4) is 0 Å². The van der Waals surface area contributed by atoms with Gasteiger partial charge in [-0.2, -0.15) is 0 Å². The second-order valence-electron chi connectivity index (χ2n) is 4.93. The molecule has 0 aromatic rings. The first kappa shape index (κ1) is 10.9. The number of ether oxygens (including phenoxy) is 1. The largest absolute Gasteiger partial charge is 0.375 e. The van der Waals surface area contributed by atoms with Gasteiger partial charge in [-0.05, 0) is 26.7 Å². The van der Waals surface area contributed by atoms with Crippen LogP contribution in [0.25, 0.3) is 0 Å². The van der Waals surface area contributed by atoms with Gasteiger partial charge in [0.25, 0.3) is 0 Å². The predicted octanol–water partition coefficient (Wildman–Crippen LogP) is 0.361. The highest BCUT2D eigenvalue weighted by molar-refractivity contribution is 5.86. The Morgan fingerprint density at radius 3 is 2.73 bits per heavy atom. The fourth-order valence-corrected chi connectivity index (χ4v) is 2.15.